The third-order valence-corrected chi connectivity index (χ3v) is 13.7. The number of phenolic OH excluding ortho intramolecular Hbond substituents is 1. The monoisotopic (exact) mass is 1190 g/mol. The van der Waals surface area contributed by atoms with Gasteiger partial charge in [-0.3, -0.25) is 28.8 Å². The maximum absolute atomic E-state index is 14.1. The van der Waals surface area contributed by atoms with Crippen molar-refractivity contribution in [3.05, 3.63) is 142 Å². The number of benzene rings is 5. The molecule has 2 aliphatic rings. The Bertz CT molecular complexity index is 3400. The number of aliphatic carboxylic acids is 3. The van der Waals surface area contributed by atoms with Crippen LogP contribution >= 0.6 is 12.2 Å². The minimum absolute atomic E-state index is 0.0526. The average Bonchev–Trinajstić information content (AvgIpc) is 2.00. The van der Waals surface area contributed by atoms with Crippen molar-refractivity contribution in [2.45, 2.75) is 101 Å². The molecule has 4 aromatic rings. The molecule has 4 atom stereocenters. The third kappa shape index (κ3) is 20.5. The van der Waals surface area contributed by atoms with E-state index in [2.05, 4.69) is 37.2 Å². The molecule has 0 fully saturated rings. The molecule has 4 aromatic carbocycles. The van der Waals surface area contributed by atoms with E-state index in [1.165, 1.54) is 30.3 Å². The SMILES string of the molecule is O=C(O)CC[C@H](NC(=O)N[C@@H](CCC(=O)NCCCCCCCC(=O)N[C@@H](Cc1ccccc1)C(=O)N[C@@H](Cc1ccccc1)C(=O)NCCNC(=S)Nc1ccc(-c2c3ccc(=O)cc-3oc3cc(O)ccc23)c(C(=O)O)c1)C(=O)O)C(=O)O. The van der Waals surface area contributed by atoms with E-state index >= 15 is 0 Å². The molecule has 448 valence electrons. The summed E-state index contributed by atoms with van der Waals surface area (Å²) in [6.07, 6.45) is 1.93. The van der Waals surface area contributed by atoms with Gasteiger partial charge in [0.05, 0.1) is 5.56 Å². The van der Waals surface area contributed by atoms with Crippen LogP contribution in [0.3, 0.4) is 0 Å². The molecule has 0 unspecified atom stereocenters. The van der Waals surface area contributed by atoms with E-state index in [4.69, 9.17) is 21.7 Å². The smallest absolute Gasteiger partial charge is 0.336 e. The zero-order valence-electron chi connectivity index (χ0n) is 46.0. The summed E-state index contributed by atoms with van der Waals surface area (Å²) >= 11 is 5.53. The van der Waals surface area contributed by atoms with Gasteiger partial charge in [-0.2, -0.15) is 0 Å². The van der Waals surface area contributed by atoms with Crippen LogP contribution in [-0.4, -0.2) is 128 Å². The minimum Gasteiger partial charge on any atom is -0.508 e. The fourth-order valence-electron chi connectivity index (χ4n) is 9.16. The fraction of sp³-hybridized carbons (Fsp3) is 0.317. The summed E-state index contributed by atoms with van der Waals surface area (Å²) in [5, 5.41) is 70.1. The number of anilines is 1. The number of unbranched alkanes of at least 4 members (excludes halogenated alkanes) is 4. The van der Waals surface area contributed by atoms with Gasteiger partial charge >= 0.3 is 29.9 Å². The molecule has 25 heteroatoms. The van der Waals surface area contributed by atoms with E-state index in [9.17, 15) is 68.4 Å². The Balaban J connectivity index is 0.964. The number of hydrogen-bond acceptors (Lipinski definition) is 13. The molecule has 1 aliphatic carbocycles. The second kappa shape index (κ2) is 32.1. The van der Waals surface area contributed by atoms with Gasteiger partial charge in [0.2, 0.25) is 23.6 Å². The van der Waals surface area contributed by atoms with Gasteiger partial charge in [0.1, 0.15) is 41.3 Å². The van der Waals surface area contributed by atoms with Crippen molar-refractivity contribution in [1.82, 2.24) is 37.2 Å². The molecule has 0 saturated carbocycles. The fourth-order valence-corrected chi connectivity index (χ4v) is 9.38. The number of carbonyl (C=O) groups is 9. The Morgan fingerprint density at radius 3 is 1.76 bits per heavy atom. The van der Waals surface area contributed by atoms with Crippen molar-refractivity contribution < 1.29 is 73.1 Å². The van der Waals surface area contributed by atoms with Crippen molar-refractivity contribution >= 4 is 87.5 Å². The summed E-state index contributed by atoms with van der Waals surface area (Å²) < 4.78 is 5.92. The number of rotatable bonds is 32. The lowest BCUT2D eigenvalue weighted by atomic mass is 9.90. The van der Waals surface area contributed by atoms with Crippen LogP contribution in [-0.2, 0) is 46.4 Å². The van der Waals surface area contributed by atoms with E-state index in [-0.39, 0.29) is 90.8 Å². The van der Waals surface area contributed by atoms with Gasteiger partial charge in [-0.05, 0) is 91.0 Å². The molecular formula is C60H66N8O16S. The molecule has 0 radical (unpaired) electrons. The Kier molecular flexibility index (Phi) is 24.2. The number of aromatic hydroxyl groups is 1. The van der Waals surface area contributed by atoms with Crippen LogP contribution < -0.4 is 48.0 Å². The van der Waals surface area contributed by atoms with Gasteiger partial charge in [0.15, 0.2) is 10.5 Å². The normalized spacial score (nSPS) is 12.3. The first-order chi connectivity index (χ1) is 40.7. The molecule has 1 aliphatic heterocycles. The largest absolute Gasteiger partial charge is 0.508 e. The van der Waals surface area contributed by atoms with Crippen molar-refractivity contribution in [2.24, 2.45) is 0 Å². The number of amides is 6. The first-order valence-electron chi connectivity index (χ1n) is 27.3. The number of fused-ring (bicyclic) bond motifs is 2. The molecule has 13 N–H and O–H groups in total. The molecule has 0 bridgehead atoms. The Morgan fingerprint density at radius 2 is 1.13 bits per heavy atom. The maximum atomic E-state index is 14.1. The minimum atomic E-state index is -1.57. The summed E-state index contributed by atoms with van der Waals surface area (Å²) in [6.45, 7) is 0.453. The van der Waals surface area contributed by atoms with Gasteiger partial charge in [-0.15, -0.1) is 0 Å². The molecule has 85 heavy (non-hydrogen) atoms. The first kappa shape index (κ1) is 64.3. The van der Waals surface area contributed by atoms with Crippen LogP contribution in [0.5, 0.6) is 5.75 Å². The number of urea groups is 1. The molecule has 0 spiro atoms. The zero-order valence-corrected chi connectivity index (χ0v) is 46.8. The molecular weight excluding hydrogens is 1120 g/mol. The molecule has 0 aromatic heterocycles. The van der Waals surface area contributed by atoms with Crippen LogP contribution in [0.2, 0.25) is 0 Å². The van der Waals surface area contributed by atoms with E-state index < -0.39 is 84.6 Å². The number of nitrogens with one attached hydrogen (secondary N) is 8. The highest BCUT2D eigenvalue weighted by molar-refractivity contribution is 7.80. The highest BCUT2D eigenvalue weighted by Gasteiger charge is 2.29. The van der Waals surface area contributed by atoms with E-state index in [1.54, 1.807) is 48.5 Å². The highest BCUT2D eigenvalue weighted by atomic mass is 32.1. The quantitative estimate of drug-likeness (QED) is 0.0148. The standard InChI is InChI=1S/C60H66N8O16S/c69-38-18-21-41-48(33-38)84-49-34-39(70)19-22-42(49)53(41)40-20-17-37(32-43(40)56(77)78)64-60(85)63-29-28-62-54(75)46(30-35-12-6-4-7-13-35)66-55(76)47(31-36-14-8-5-9-15-36)65-51(72)16-10-2-1-3-11-27-61-50(71)25-23-44(57(79)80)67-59(83)68-45(58(81)82)24-26-52(73)74/h4-9,12-15,17-22,32-34,44-47,69H,1-3,10-11,16,23-31H2,(H,61,71)(H,62,75)(H,65,72)(H,66,76)(H,73,74)(H,77,78)(H,79,80)(H,81,82)(H2,63,64,85)(H2,67,68,83)/t44-,45-,46-,47-/m0/s1. The number of carbonyl (C=O) groups excluding carboxylic acids is 5. The Hall–Kier alpha value is -9.91. The lowest BCUT2D eigenvalue weighted by molar-refractivity contribution is -0.141. The molecule has 24 nitrogen and oxygen atoms in total. The predicted molar refractivity (Wildman–Crippen MR) is 316 cm³/mol. The van der Waals surface area contributed by atoms with Gasteiger partial charge in [-0.1, -0.05) is 86.0 Å². The Labute approximate surface area is 492 Å². The lowest BCUT2D eigenvalue weighted by Crippen LogP contribution is -2.55. The third-order valence-electron chi connectivity index (χ3n) is 13.4. The van der Waals surface area contributed by atoms with Crippen molar-refractivity contribution in [1.29, 1.82) is 0 Å². The summed E-state index contributed by atoms with van der Waals surface area (Å²) in [5.74, 6) is -7.30. The van der Waals surface area contributed by atoms with Crippen LogP contribution in [0, 0.1) is 0 Å². The number of thiocarbonyl (C=S) groups is 1. The lowest BCUT2D eigenvalue weighted by Gasteiger charge is -2.24. The summed E-state index contributed by atoms with van der Waals surface area (Å²) in [5.41, 5.74) is 2.97. The first-order valence-corrected chi connectivity index (χ1v) is 27.7. The second-order valence-corrected chi connectivity index (χ2v) is 20.3. The second-order valence-electron chi connectivity index (χ2n) is 19.9. The Morgan fingerprint density at radius 1 is 0.529 bits per heavy atom. The number of carboxylic acid groups (broad SMARTS) is 4. The number of hydrogen-bond donors (Lipinski definition) is 13. The predicted octanol–water partition coefficient (Wildman–Crippen LogP) is 5.13. The van der Waals surface area contributed by atoms with Crippen molar-refractivity contribution in [3.8, 4) is 28.2 Å². The number of aromatic carboxylic acids is 1. The summed E-state index contributed by atoms with van der Waals surface area (Å²) in [6, 6.07) is 25.0. The molecule has 0 saturated heterocycles. The van der Waals surface area contributed by atoms with E-state index in [0.717, 1.165) is 11.1 Å². The highest BCUT2D eigenvalue weighted by Crippen LogP contribution is 2.42. The van der Waals surface area contributed by atoms with Gasteiger partial charge in [0, 0.05) is 86.1 Å². The average molecular weight is 1190 g/mol. The van der Waals surface area contributed by atoms with Gasteiger partial charge < -0.3 is 72.5 Å². The number of phenols is 1. The van der Waals surface area contributed by atoms with Crippen molar-refractivity contribution in [2.75, 3.05) is 25.0 Å². The van der Waals surface area contributed by atoms with Crippen LogP contribution in [0.4, 0.5) is 10.5 Å². The van der Waals surface area contributed by atoms with Crippen LogP contribution in [0.25, 0.3) is 33.4 Å². The van der Waals surface area contributed by atoms with Crippen LogP contribution in [0.1, 0.15) is 85.7 Å². The molecule has 6 rings (SSSR count). The van der Waals surface area contributed by atoms with Crippen molar-refractivity contribution in [3.63, 3.8) is 0 Å². The van der Waals surface area contributed by atoms with Gasteiger partial charge in [0.25, 0.3) is 0 Å². The molecule has 1 heterocycles. The zero-order chi connectivity index (χ0) is 61.4. The molecule has 6 amide bonds. The van der Waals surface area contributed by atoms with E-state index in [1.807, 2.05) is 41.7 Å². The van der Waals surface area contributed by atoms with Crippen LogP contribution in [0.15, 0.2) is 124 Å². The topological polar surface area (TPSA) is 381 Å². The summed E-state index contributed by atoms with van der Waals surface area (Å²) in [4.78, 5) is 125. The van der Waals surface area contributed by atoms with E-state index in [0.29, 0.717) is 59.9 Å². The maximum Gasteiger partial charge on any atom is 0.336 e. The van der Waals surface area contributed by atoms with Gasteiger partial charge in [-0.25, -0.2) is 19.2 Å². The number of carboxylic acids is 4. The summed E-state index contributed by atoms with van der Waals surface area (Å²) in [7, 11) is 0.